The van der Waals surface area contributed by atoms with Gasteiger partial charge in [0, 0.05) is 12.6 Å². The van der Waals surface area contributed by atoms with Crippen LogP contribution in [0.5, 0.6) is 17.2 Å². The number of anilines is 1. The fourth-order valence-electron chi connectivity index (χ4n) is 2.49. The number of benzene rings is 2. The molecule has 0 bridgehead atoms. The Morgan fingerprint density at radius 3 is 2.50 bits per heavy atom. The second kappa shape index (κ2) is 12.3. The molecule has 0 aliphatic heterocycles. The smallest absolute Gasteiger partial charge is 0.193 e. The van der Waals surface area contributed by atoms with Crippen molar-refractivity contribution < 1.29 is 18.6 Å². The van der Waals surface area contributed by atoms with Gasteiger partial charge in [-0.3, -0.25) is 4.99 Å². The topological polar surface area (TPSA) is 78.1 Å². The summed E-state index contributed by atoms with van der Waals surface area (Å²) in [7, 11) is 1.44. The van der Waals surface area contributed by atoms with Gasteiger partial charge in [0.05, 0.1) is 26.0 Å². The summed E-state index contributed by atoms with van der Waals surface area (Å²) in [6, 6.07) is 10.2. The Hall–Kier alpha value is -2.23. The fraction of sp³-hybridized carbons (Fsp3) is 0.350. The highest BCUT2D eigenvalue weighted by atomic mass is 127. The molecular formula is C20H27FIN3O3. The Bertz CT molecular complexity index is 787. The van der Waals surface area contributed by atoms with E-state index in [0.29, 0.717) is 37.6 Å². The normalized spacial score (nSPS) is 10.8. The van der Waals surface area contributed by atoms with Crippen molar-refractivity contribution >= 4 is 35.6 Å². The molecule has 2 aromatic rings. The molecule has 0 atom stereocenters. The molecule has 0 saturated carbocycles. The Kier molecular flexibility index (Phi) is 10.4. The van der Waals surface area contributed by atoms with Gasteiger partial charge < -0.3 is 25.3 Å². The Morgan fingerprint density at radius 2 is 1.82 bits per heavy atom. The summed E-state index contributed by atoms with van der Waals surface area (Å²) in [5.41, 5.74) is 7.60. The minimum atomic E-state index is -0.386. The van der Waals surface area contributed by atoms with Crippen LogP contribution < -0.4 is 25.3 Å². The number of nitrogens with two attached hydrogens (primary N) is 1. The van der Waals surface area contributed by atoms with Gasteiger partial charge in [-0.1, -0.05) is 6.07 Å². The van der Waals surface area contributed by atoms with Crippen molar-refractivity contribution in [3.05, 3.63) is 47.8 Å². The molecule has 0 amide bonds. The maximum Gasteiger partial charge on any atom is 0.193 e. The first kappa shape index (κ1) is 23.8. The maximum absolute atomic E-state index is 13.4. The predicted octanol–water partition coefficient (Wildman–Crippen LogP) is 4.22. The first-order valence-electron chi connectivity index (χ1n) is 8.86. The number of methoxy groups -OCH3 is 1. The summed E-state index contributed by atoms with van der Waals surface area (Å²) in [6.45, 7) is 5.38. The highest BCUT2D eigenvalue weighted by Crippen LogP contribution is 2.29. The second-order valence-corrected chi connectivity index (χ2v) is 5.63. The van der Waals surface area contributed by atoms with Crippen molar-refractivity contribution in [2.45, 2.75) is 20.3 Å². The van der Waals surface area contributed by atoms with E-state index in [-0.39, 0.29) is 41.5 Å². The SMILES string of the molecule is CCOc1ccc(OCC)c(NC(N)=NCCc2ccc(F)c(OC)c2)c1.I. The third kappa shape index (κ3) is 7.06. The number of ether oxygens (including phenoxy) is 3. The van der Waals surface area contributed by atoms with Crippen LogP contribution >= 0.6 is 24.0 Å². The van der Waals surface area contributed by atoms with Gasteiger partial charge in [0.25, 0.3) is 0 Å². The highest BCUT2D eigenvalue weighted by Gasteiger charge is 2.07. The number of aliphatic imine (C=N–C) groups is 1. The number of hydrogen-bond acceptors (Lipinski definition) is 4. The summed E-state index contributed by atoms with van der Waals surface area (Å²) < 4.78 is 29.5. The first-order chi connectivity index (χ1) is 13.1. The molecule has 0 heterocycles. The molecule has 0 radical (unpaired) electrons. The van der Waals surface area contributed by atoms with Gasteiger partial charge in [-0.15, -0.1) is 24.0 Å². The average molecular weight is 503 g/mol. The van der Waals surface area contributed by atoms with E-state index in [1.54, 1.807) is 12.1 Å². The molecule has 0 unspecified atom stereocenters. The molecule has 8 heteroatoms. The van der Waals surface area contributed by atoms with E-state index >= 15 is 0 Å². The van der Waals surface area contributed by atoms with Crippen molar-refractivity contribution in [1.82, 2.24) is 0 Å². The molecule has 0 spiro atoms. The number of rotatable bonds is 9. The van der Waals surface area contributed by atoms with Crippen LogP contribution in [0.2, 0.25) is 0 Å². The summed E-state index contributed by atoms with van der Waals surface area (Å²) in [5.74, 6) is 1.48. The van der Waals surface area contributed by atoms with Crippen molar-refractivity contribution in [2.75, 3.05) is 32.2 Å². The van der Waals surface area contributed by atoms with E-state index in [9.17, 15) is 4.39 Å². The minimum Gasteiger partial charge on any atom is -0.494 e. The van der Waals surface area contributed by atoms with Gasteiger partial charge in [-0.25, -0.2) is 4.39 Å². The number of hydrogen-bond donors (Lipinski definition) is 2. The van der Waals surface area contributed by atoms with Crippen LogP contribution in [0.3, 0.4) is 0 Å². The van der Waals surface area contributed by atoms with E-state index in [0.717, 1.165) is 11.3 Å². The number of guanidine groups is 1. The molecule has 0 saturated heterocycles. The molecule has 0 aliphatic rings. The maximum atomic E-state index is 13.4. The van der Waals surface area contributed by atoms with Crippen LogP contribution in [0.25, 0.3) is 0 Å². The molecule has 0 aliphatic carbocycles. The van der Waals surface area contributed by atoms with Gasteiger partial charge in [0.1, 0.15) is 11.5 Å². The highest BCUT2D eigenvalue weighted by molar-refractivity contribution is 14.0. The summed E-state index contributed by atoms with van der Waals surface area (Å²) >= 11 is 0. The van der Waals surface area contributed by atoms with Crippen molar-refractivity contribution in [1.29, 1.82) is 0 Å². The Labute approximate surface area is 182 Å². The fourth-order valence-corrected chi connectivity index (χ4v) is 2.49. The zero-order chi connectivity index (χ0) is 19.6. The molecule has 0 fully saturated rings. The van der Waals surface area contributed by atoms with Crippen LogP contribution in [0.15, 0.2) is 41.4 Å². The monoisotopic (exact) mass is 503 g/mol. The lowest BCUT2D eigenvalue weighted by Gasteiger charge is -2.14. The van der Waals surface area contributed by atoms with Crippen molar-refractivity contribution in [3.8, 4) is 17.2 Å². The molecular weight excluding hydrogens is 476 g/mol. The quantitative estimate of drug-likeness (QED) is 0.305. The minimum absolute atomic E-state index is 0. The van der Waals surface area contributed by atoms with Crippen LogP contribution in [0, 0.1) is 5.82 Å². The van der Waals surface area contributed by atoms with Crippen LogP contribution in [0.1, 0.15) is 19.4 Å². The molecule has 154 valence electrons. The molecule has 6 nitrogen and oxygen atoms in total. The van der Waals surface area contributed by atoms with Gasteiger partial charge in [0.15, 0.2) is 17.5 Å². The standard InChI is InChI=1S/C20H26FN3O3.HI/c1-4-26-15-7-9-18(27-5-2)17(13-15)24-20(22)23-11-10-14-6-8-16(21)19(12-14)25-3;/h6-9,12-13H,4-5,10-11H2,1-3H3,(H3,22,23,24);1H. The Balaban J connectivity index is 0.00000392. The van der Waals surface area contributed by atoms with Gasteiger partial charge in [-0.2, -0.15) is 0 Å². The number of halogens is 2. The third-order valence-electron chi connectivity index (χ3n) is 3.72. The largest absolute Gasteiger partial charge is 0.494 e. The predicted molar refractivity (Wildman–Crippen MR) is 121 cm³/mol. The molecule has 28 heavy (non-hydrogen) atoms. The van der Waals surface area contributed by atoms with E-state index in [1.165, 1.54) is 13.2 Å². The third-order valence-corrected chi connectivity index (χ3v) is 3.72. The van der Waals surface area contributed by atoms with E-state index < -0.39 is 0 Å². The summed E-state index contributed by atoms with van der Waals surface area (Å²) in [6.07, 6.45) is 0.607. The summed E-state index contributed by atoms with van der Waals surface area (Å²) in [4.78, 5) is 4.32. The zero-order valence-electron chi connectivity index (χ0n) is 16.3. The number of nitrogens with one attached hydrogen (secondary N) is 1. The number of nitrogens with zero attached hydrogens (tertiary/aromatic N) is 1. The molecule has 3 N–H and O–H groups in total. The average Bonchev–Trinajstić information content (AvgIpc) is 2.65. The van der Waals surface area contributed by atoms with Crippen molar-refractivity contribution in [3.63, 3.8) is 0 Å². The Morgan fingerprint density at radius 1 is 1.07 bits per heavy atom. The molecule has 0 aromatic heterocycles. The lowest BCUT2D eigenvalue weighted by atomic mass is 10.1. The van der Waals surface area contributed by atoms with Gasteiger partial charge in [-0.05, 0) is 50.1 Å². The zero-order valence-corrected chi connectivity index (χ0v) is 18.7. The van der Waals surface area contributed by atoms with Crippen LogP contribution in [-0.4, -0.2) is 32.8 Å². The summed E-state index contributed by atoms with van der Waals surface area (Å²) in [5, 5.41) is 3.05. The first-order valence-corrected chi connectivity index (χ1v) is 8.86. The second-order valence-electron chi connectivity index (χ2n) is 5.63. The van der Waals surface area contributed by atoms with Crippen LogP contribution in [-0.2, 0) is 6.42 Å². The van der Waals surface area contributed by atoms with Crippen LogP contribution in [0.4, 0.5) is 10.1 Å². The van der Waals surface area contributed by atoms with E-state index in [1.807, 2.05) is 32.0 Å². The van der Waals surface area contributed by atoms with Gasteiger partial charge >= 0.3 is 0 Å². The van der Waals surface area contributed by atoms with E-state index in [2.05, 4.69) is 10.3 Å². The molecule has 2 aromatic carbocycles. The molecule has 2 rings (SSSR count). The van der Waals surface area contributed by atoms with Gasteiger partial charge in [0.2, 0.25) is 0 Å². The lowest BCUT2D eigenvalue weighted by molar-refractivity contribution is 0.332. The lowest BCUT2D eigenvalue weighted by Crippen LogP contribution is -2.23. The van der Waals surface area contributed by atoms with E-state index in [4.69, 9.17) is 19.9 Å². The van der Waals surface area contributed by atoms with Crippen molar-refractivity contribution in [2.24, 2.45) is 10.7 Å².